The van der Waals surface area contributed by atoms with Gasteiger partial charge in [0, 0.05) is 57.2 Å². The van der Waals surface area contributed by atoms with Crippen LogP contribution in [0.15, 0.2) is 53.8 Å². The van der Waals surface area contributed by atoms with Crippen LogP contribution in [0.3, 0.4) is 0 Å². The second kappa shape index (κ2) is 12.2. The average Bonchev–Trinajstić information content (AvgIpc) is 2.77. The van der Waals surface area contributed by atoms with Gasteiger partial charge in [-0.1, -0.05) is 18.2 Å². The molecule has 1 aliphatic heterocycles. The van der Waals surface area contributed by atoms with Gasteiger partial charge in [0.15, 0.2) is 5.96 Å². The van der Waals surface area contributed by atoms with E-state index in [2.05, 4.69) is 42.3 Å². The number of amides is 1. The van der Waals surface area contributed by atoms with Gasteiger partial charge in [-0.3, -0.25) is 9.79 Å². The van der Waals surface area contributed by atoms with E-state index in [9.17, 15) is 4.79 Å². The van der Waals surface area contributed by atoms with Crippen molar-refractivity contribution in [3.8, 4) is 0 Å². The number of benzene rings is 1. The summed E-state index contributed by atoms with van der Waals surface area (Å²) in [4.78, 5) is 29.8. The molecule has 156 valence electrons. The standard InChI is InChI=1S/C20H27N7O.HI/c1-2-21-19(25-12-11-22-18(28)17-7-4-3-5-8-17)26-13-15-27(16-14-26)20-23-9-6-10-24-20;/h3-10H,2,11-16H2,1H3,(H,21,25)(H,22,28);1H. The van der Waals surface area contributed by atoms with Crippen LogP contribution in [0.25, 0.3) is 0 Å². The smallest absolute Gasteiger partial charge is 0.251 e. The third kappa shape index (κ3) is 6.84. The minimum Gasteiger partial charge on any atom is -0.357 e. The van der Waals surface area contributed by atoms with E-state index in [0.717, 1.165) is 44.6 Å². The average molecular weight is 509 g/mol. The van der Waals surface area contributed by atoms with Gasteiger partial charge in [-0.15, -0.1) is 24.0 Å². The first-order valence-electron chi connectivity index (χ1n) is 9.66. The summed E-state index contributed by atoms with van der Waals surface area (Å²) in [6, 6.07) is 11.0. The summed E-state index contributed by atoms with van der Waals surface area (Å²) in [6.07, 6.45) is 3.54. The van der Waals surface area contributed by atoms with Crippen LogP contribution >= 0.6 is 24.0 Å². The molecule has 8 nitrogen and oxygen atoms in total. The van der Waals surface area contributed by atoms with Crippen molar-refractivity contribution in [2.75, 3.05) is 50.7 Å². The van der Waals surface area contributed by atoms with Crippen molar-refractivity contribution < 1.29 is 4.79 Å². The van der Waals surface area contributed by atoms with E-state index in [4.69, 9.17) is 0 Å². The zero-order valence-corrected chi connectivity index (χ0v) is 19.0. The lowest BCUT2D eigenvalue weighted by Gasteiger charge is -2.36. The Labute approximate surface area is 188 Å². The fourth-order valence-corrected chi connectivity index (χ4v) is 3.02. The molecule has 0 saturated carbocycles. The van der Waals surface area contributed by atoms with Crippen molar-refractivity contribution in [2.45, 2.75) is 6.92 Å². The fourth-order valence-electron chi connectivity index (χ4n) is 3.02. The van der Waals surface area contributed by atoms with E-state index in [-0.39, 0.29) is 29.9 Å². The largest absolute Gasteiger partial charge is 0.357 e. The lowest BCUT2D eigenvalue weighted by atomic mass is 10.2. The Hall–Kier alpha value is -2.43. The van der Waals surface area contributed by atoms with Gasteiger partial charge in [0.2, 0.25) is 5.95 Å². The van der Waals surface area contributed by atoms with Crippen LogP contribution in [0.2, 0.25) is 0 Å². The van der Waals surface area contributed by atoms with Crippen LogP contribution in [0.1, 0.15) is 17.3 Å². The van der Waals surface area contributed by atoms with Crippen LogP contribution in [0, 0.1) is 0 Å². The molecule has 0 atom stereocenters. The zero-order chi connectivity index (χ0) is 19.6. The maximum absolute atomic E-state index is 12.1. The Bertz CT molecular complexity index is 765. The van der Waals surface area contributed by atoms with Crippen molar-refractivity contribution in [3.05, 3.63) is 54.4 Å². The van der Waals surface area contributed by atoms with Gasteiger partial charge in [0.05, 0.1) is 6.54 Å². The molecule has 0 bridgehead atoms. The van der Waals surface area contributed by atoms with Crippen molar-refractivity contribution in [1.82, 2.24) is 25.5 Å². The van der Waals surface area contributed by atoms with Gasteiger partial charge in [-0.2, -0.15) is 0 Å². The molecule has 2 heterocycles. The second-order valence-electron chi connectivity index (χ2n) is 6.38. The predicted octanol–water partition coefficient (Wildman–Crippen LogP) is 1.61. The highest BCUT2D eigenvalue weighted by molar-refractivity contribution is 14.0. The van der Waals surface area contributed by atoms with E-state index in [0.29, 0.717) is 18.7 Å². The van der Waals surface area contributed by atoms with Gasteiger partial charge in [0.25, 0.3) is 5.91 Å². The van der Waals surface area contributed by atoms with Crippen molar-refractivity contribution in [3.63, 3.8) is 0 Å². The number of nitrogens with zero attached hydrogens (tertiary/aromatic N) is 5. The van der Waals surface area contributed by atoms with Crippen molar-refractivity contribution >= 4 is 41.8 Å². The number of guanidine groups is 1. The van der Waals surface area contributed by atoms with Gasteiger partial charge < -0.3 is 20.4 Å². The van der Waals surface area contributed by atoms with Gasteiger partial charge in [-0.25, -0.2) is 9.97 Å². The fraction of sp³-hybridized carbons (Fsp3) is 0.400. The summed E-state index contributed by atoms with van der Waals surface area (Å²) >= 11 is 0. The van der Waals surface area contributed by atoms with E-state index in [1.807, 2.05) is 24.3 Å². The van der Waals surface area contributed by atoms with Crippen LogP contribution in [0.4, 0.5) is 5.95 Å². The Kier molecular flexibility index (Phi) is 9.62. The molecule has 1 saturated heterocycles. The van der Waals surface area contributed by atoms with E-state index in [1.54, 1.807) is 24.5 Å². The van der Waals surface area contributed by atoms with E-state index in [1.165, 1.54) is 0 Å². The highest BCUT2D eigenvalue weighted by Gasteiger charge is 2.20. The minimum atomic E-state index is -0.0720. The summed E-state index contributed by atoms with van der Waals surface area (Å²) < 4.78 is 0. The molecule has 1 aromatic heterocycles. The highest BCUT2D eigenvalue weighted by atomic mass is 127. The normalized spacial score (nSPS) is 14.2. The number of carbonyl (C=O) groups excluding carboxylic acids is 1. The molecule has 0 unspecified atom stereocenters. The zero-order valence-electron chi connectivity index (χ0n) is 16.6. The summed E-state index contributed by atoms with van der Waals surface area (Å²) in [7, 11) is 0. The number of aromatic nitrogens is 2. The van der Waals surface area contributed by atoms with Crippen LogP contribution < -0.4 is 15.5 Å². The first kappa shape index (κ1) is 22.9. The molecule has 2 aromatic rings. The third-order valence-electron chi connectivity index (χ3n) is 4.44. The summed E-state index contributed by atoms with van der Waals surface area (Å²) in [5.74, 6) is 1.58. The molecule has 0 aliphatic carbocycles. The van der Waals surface area contributed by atoms with Crippen LogP contribution in [0.5, 0.6) is 0 Å². The monoisotopic (exact) mass is 509 g/mol. The Morgan fingerprint density at radius 2 is 1.72 bits per heavy atom. The molecule has 2 N–H and O–H groups in total. The summed E-state index contributed by atoms with van der Waals surface area (Å²) in [5, 5.41) is 6.25. The first-order chi connectivity index (χ1) is 13.8. The third-order valence-corrected chi connectivity index (χ3v) is 4.44. The number of nitrogens with one attached hydrogen (secondary N) is 2. The number of anilines is 1. The summed E-state index contributed by atoms with van der Waals surface area (Å²) in [5.41, 5.74) is 0.664. The maximum atomic E-state index is 12.1. The maximum Gasteiger partial charge on any atom is 0.251 e. The number of hydrogen-bond acceptors (Lipinski definition) is 5. The number of piperazine rings is 1. The Balaban J connectivity index is 0.00000300. The van der Waals surface area contributed by atoms with Gasteiger partial charge in [-0.05, 0) is 25.1 Å². The molecule has 3 rings (SSSR count). The number of rotatable bonds is 6. The number of halogens is 1. The molecular formula is C20H28IN7O. The lowest BCUT2D eigenvalue weighted by molar-refractivity contribution is 0.0955. The van der Waals surface area contributed by atoms with E-state index < -0.39 is 0 Å². The lowest BCUT2D eigenvalue weighted by Crippen LogP contribution is -2.53. The van der Waals surface area contributed by atoms with Crippen molar-refractivity contribution in [2.24, 2.45) is 4.99 Å². The predicted molar refractivity (Wildman–Crippen MR) is 126 cm³/mol. The summed E-state index contributed by atoms with van der Waals surface area (Å²) in [6.45, 7) is 7.28. The number of carbonyl (C=O) groups is 1. The van der Waals surface area contributed by atoms with Crippen LogP contribution in [-0.4, -0.2) is 72.5 Å². The van der Waals surface area contributed by atoms with Crippen LogP contribution in [-0.2, 0) is 0 Å². The molecule has 0 radical (unpaired) electrons. The molecule has 1 amide bonds. The number of hydrogen-bond donors (Lipinski definition) is 2. The van der Waals surface area contributed by atoms with Gasteiger partial charge >= 0.3 is 0 Å². The minimum absolute atomic E-state index is 0. The van der Waals surface area contributed by atoms with Crippen molar-refractivity contribution in [1.29, 1.82) is 0 Å². The Morgan fingerprint density at radius 3 is 2.38 bits per heavy atom. The molecule has 1 aromatic carbocycles. The molecule has 9 heteroatoms. The Morgan fingerprint density at radius 1 is 1.03 bits per heavy atom. The molecular weight excluding hydrogens is 481 g/mol. The quantitative estimate of drug-likeness (QED) is 0.267. The number of aliphatic imine (C=N–C) groups is 1. The molecule has 0 spiro atoms. The highest BCUT2D eigenvalue weighted by Crippen LogP contribution is 2.09. The SMILES string of the molecule is CCNC(=NCCNC(=O)c1ccccc1)N1CCN(c2ncccn2)CC1.I. The van der Waals surface area contributed by atoms with Gasteiger partial charge in [0.1, 0.15) is 0 Å². The second-order valence-corrected chi connectivity index (χ2v) is 6.38. The molecule has 1 aliphatic rings. The molecule has 1 fully saturated rings. The first-order valence-corrected chi connectivity index (χ1v) is 9.66. The topological polar surface area (TPSA) is 85.8 Å². The van der Waals surface area contributed by atoms with E-state index >= 15 is 0 Å². The molecule has 29 heavy (non-hydrogen) atoms.